The quantitative estimate of drug-likeness (QED) is 0.0657. The number of methoxy groups -OCH3 is 2. The fourth-order valence-corrected chi connectivity index (χ4v) is 6.23. The van der Waals surface area contributed by atoms with Crippen molar-refractivity contribution in [1.82, 2.24) is 20.9 Å². The lowest BCUT2D eigenvalue weighted by Gasteiger charge is -2.31. The van der Waals surface area contributed by atoms with E-state index in [0.717, 1.165) is 16.9 Å². The zero-order valence-electron chi connectivity index (χ0n) is 29.6. The average molecular weight is 851 g/mol. The van der Waals surface area contributed by atoms with Gasteiger partial charge >= 0.3 is 11.9 Å². The molecule has 1 aromatic heterocycles. The first-order valence-corrected chi connectivity index (χ1v) is 18.6. The number of amides is 3. The highest BCUT2D eigenvalue weighted by atomic mass is 127. The van der Waals surface area contributed by atoms with Gasteiger partial charge in [0.25, 0.3) is 5.91 Å². The summed E-state index contributed by atoms with van der Waals surface area (Å²) in [5.74, 6) is -3.41. The number of Topliss-reactive ketones (excluding diaryl/α,β-unsaturated/α-hetero) is 1. The van der Waals surface area contributed by atoms with Crippen LogP contribution in [-0.2, 0) is 51.0 Å². The minimum atomic E-state index is -1.65. The molecule has 3 aromatic rings. The van der Waals surface area contributed by atoms with Crippen molar-refractivity contribution in [2.75, 3.05) is 31.9 Å². The molecule has 0 aliphatic rings. The van der Waals surface area contributed by atoms with Crippen LogP contribution < -0.4 is 20.7 Å². The molecule has 4 atom stereocenters. The second-order valence-electron chi connectivity index (χ2n) is 11.9. The molecule has 3 amide bonds. The number of hydrogen-bond acceptors (Lipinski definition) is 12. The lowest BCUT2D eigenvalue weighted by Crippen LogP contribution is -2.60. The Hall–Kier alpha value is -4.26. The smallest absolute Gasteiger partial charge is 0.308 e. The first-order valence-electron chi connectivity index (χ1n) is 16.2. The predicted molar refractivity (Wildman–Crippen MR) is 200 cm³/mol. The molecule has 0 spiro atoms. The summed E-state index contributed by atoms with van der Waals surface area (Å²) < 4.78 is 21.5. The lowest BCUT2D eigenvalue weighted by atomic mass is 9.91. The van der Waals surface area contributed by atoms with Crippen LogP contribution >= 0.6 is 33.9 Å². The van der Waals surface area contributed by atoms with E-state index in [2.05, 4.69) is 20.9 Å². The maximum Gasteiger partial charge on any atom is 0.308 e. The van der Waals surface area contributed by atoms with Crippen LogP contribution in [0.2, 0.25) is 0 Å². The molecule has 0 bridgehead atoms. The van der Waals surface area contributed by atoms with Crippen molar-refractivity contribution in [3.8, 4) is 5.75 Å². The summed E-state index contributed by atoms with van der Waals surface area (Å²) in [6.45, 7) is 4.04. The summed E-state index contributed by atoms with van der Waals surface area (Å²) in [7, 11) is 2.71. The number of thiazole rings is 1. The topological polar surface area (TPSA) is 188 Å². The van der Waals surface area contributed by atoms with Gasteiger partial charge in [0, 0.05) is 32.0 Å². The Balaban J connectivity index is 1.78. The van der Waals surface area contributed by atoms with E-state index < -0.39 is 59.2 Å². The molecular formula is C36H43IN4O10S. The summed E-state index contributed by atoms with van der Waals surface area (Å²) in [4.78, 5) is 83.2. The number of benzene rings is 2. The van der Waals surface area contributed by atoms with Crippen molar-refractivity contribution in [3.05, 3.63) is 81.8 Å². The highest BCUT2D eigenvalue weighted by Crippen LogP contribution is 2.24. The molecule has 0 aliphatic heterocycles. The number of hydrogen-bond donors (Lipinski definition) is 3. The molecule has 52 heavy (non-hydrogen) atoms. The number of nitrogens with zero attached hydrogens (tertiary/aromatic N) is 1. The maximum absolute atomic E-state index is 14.2. The summed E-state index contributed by atoms with van der Waals surface area (Å²) in [6.07, 6.45) is 1.52. The largest absolute Gasteiger partial charge is 0.450 e. The molecule has 0 radical (unpaired) electrons. The Labute approximate surface area is 319 Å². The molecule has 3 rings (SSSR count). The fourth-order valence-electron chi connectivity index (χ4n) is 5.01. The van der Waals surface area contributed by atoms with E-state index in [-0.39, 0.29) is 36.9 Å². The summed E-state index contributed by atoms with van der Waals surface area (Å²) in [6, 6.07) is 12.1. The number of para-hydroxylation sites is 1. The van der Waals surface area contributed by atoms with Gasteiger partial charge in [0.2, 0.25) is 11.8 Å². The normalized spacial score (nSPS) is 13.8. The second kappa shape index (κ2) is 20.7. The van der Waals surface area contributed by atoms with E-state index in [4.69, 9.17) is 18.9 Å². The van der Waals surface area contributed by atoms with Crippen LogP contribution in [0.4, 0.5) is 0 Å². The summed E-state index contributed by atoms with van der Waals surface area (Å²) in [5.41, 5.74) is -0.315. The number of ketones is 1. The number of alkyl halides is 1. The van der Waals surface area contributed by atoms with Crippen LogP contribution in [0.5, 0.6) is 5.75 Å². The van der Waals surface area contributed by atoms with E-state index in [1.807, 2.05) is 28.7 Å². The monoisotopic (exact) mass is 850 g/mol. The van der Waals surface area contributed by atoms with Gasteiger partial charge in [-0.15, -0.1) is 11.3 Å². The minimum absolute atomic E-state index is 0.0508. The van der Waals surface area contributed by atoms with Crippen LogP contribution in [-0.4, -0.2) is 96.0 Å². The van der Waals surface area contributed by atoms with Gasteiger partial charge in [-0.3, -0.25) is 28.8 Å². The zero-order chi connectivity index (χ0) is 38.3. The number of aromatic nitrogens is 1. The van der Waals surface area contributed by atoms with E-state index >= 15 is 0 Å². The third-order valence-corrected chi connectivity index (χ3v) is 9.99. The number of halogens is 1. The third kappa shape index (κ3) is 12.8. The molecule has 1 heterocycles. The number of aryl methyl sites for hydroxylation is 2. The Kier molecular flexibility index (Phi) is 16.8. The van der Waals surface area contributed by atoms with Gasteiger partial charge in [0.05, 0.1) is 30.5 Å². The number of rotatable bonds is 20. The van der Waals surface area contributed by atoms with Crippen molar-refractivity contribution in [3.63, 3.8) is 0 Å². The number of carbonyl (C=O) groups is 6. The number of carbonyl (C=O) groups excluding carboxylic acids is 6. The first-order chi connectivity index (χ1) is 24.8. The van der Waals surface area contributed by atoms with Gasteiger partial charge in [0.1, 0.15) is 22.7 Å². The van der Waals surface area contributed by atoms with Gasteiger partial charge in [-0.1, -0.05) is 71.1 Å². The standard InChI is InChI=1S/C36H43IN4O10S/c1-22-38-18-30(52-22)35(47)41-28(20-49-5)34(46)40-27(19-48-4)33(45)39-26(17-24-11-7-6-8-12-24)32(44)36(3,21-37)51-31(43)16-15-25-13-9-10-14-29(25)50-23(2)42/h6-14,18,26-28H,15-17,19-21H2,1-5H3,(H,39,45)(H,40,46)(H,41,47)/t26?,27-,28-,36?/m0/s1. The molecule has 0 saturated heterocycles. The second-order valence-corrected chi connectivity index (χ2v) is 13.9. The SMILES string of the molecule is COC[C@H](NC(=O)c1cnc(C)s1)C(=O)N[C@@H](COC)C(=O)NC(Cc1ccccc1)C(=O)C(C)(CI)OC(=O)CCc1ccccc1OC(C)=O. The Bertz CT molecular complexity index is 1700. The van der Waals surface area contributed by atoms with E-state index in [0.29, 0.717) is 21.2 Å². The van der Waals surface area contributed by atoms with Crippen molar-refractivity contribution in [1.29, 1.82) is 0 Å². The zero-order valence-corrected chi connectivity index (χ0v) is 32.5. The number of nitrogens with one attached hydrogen (secondary N) is 3. The number of esters is 2. The molecule has 0 saturated carbocycles. The summed E-state index contributed by atoms with van der Waals surface area (Å²) in [5, 5.41) is 8.61. The highest BCUT2D eigenvalue weighted by Gasteiger charge is 2.42. The van der Waals surface area contributed by atoms with Crippen molar-refractivity contribution in [2.24, 2.45) is 0 Å². The van der Waals surface area contributed by atoms with Gasteiger partial charge in [-0.2, -0.15) is 0 Å². The molecule has 14 nitrogen and oxygen atoms in total. The fraction of sp³-hybridized carbons (Fsp3) is 0.417. The van der Waals surface area contributed by atoms with E-state index in [1.54, 1.807) is 55.5 Å². The van der Waals surface area contributed by atoms with Gasteiger partial charge < -0.3 is 34.9 Å². The summed E-state index contributed by atoms with van der Waals surface area (Å²) >= 11 is 3.11. The maximum atomic E-state index is 14.2. The molecule has 2 unspecified atom stereocenters. The van der Waals surface area contributed by atoms with Crippen molar-refractivity contribution in [2.45, 2.75) is 63.8 Å². The van der Waals surface area contributed by atoms with Crippen LogP contribution in [0.15, 0.2) is 60.8 Å². The van der Waals surface area contributed by atoms with Gasteiger partial charge in [-0.25, -0.2) is 4.98 Å². The molecule has 0 fully saturated rings. The van der Waals surface area contributed by atoms with Crippen LogP contribution in [0.1, 0.15) is 46.1 Å². The third-order valence-electron chi connectivity index (χ3n) is 7.62. The first kappa shape index (κ1) is 42.2. The Morgan fingerprint density at radius 1 is 0.865 bits per heavy atom. The molecule has 2 aromatic carbocycles. The van der Waals surface area contributed by atoms with Crippen LogP contribution in [0.25, 0.3) is 0 Å². The molecule has 0 aliphatic carbocycles. The average Bonchev–Trinajstić information content (AvgIpc) is 3.56. The highest BCUT2D eigenvalue weighted by molar-refractivity contribution is 14.1. The molecule has 3 N–H and O–H groups in total. The van der Waals surface area contributed by atoms with Crippen LogP contribution in [0.3, 0.4) is 0 Å². The lowest BCUT2D eigenvalue weighted by molar-refractivity contribution is -0.164. The molecule has 16 heteroatoms. The Morgan fingerprint density at radius 3 is 2.04 bits per heavy atom. The number of ether oxygens (including phenoxy) is 4. The van der Waals surface area contributed by atoms with Crippen molar-refractivity contribution < 1.29 is 47.7 Å². The molecular weight excluding hydrogens is 807 g/mol. The van der Waals surface area contributed by atoms with Gasteiger partial charge in [-0.05, 0) is 43.9 Å². The van der Waals surface area contributed by atoms with E-state index in [1.165, 1.54) is 34.3 Å². The van der Waals surface area contributed by atoms with Crippen molar-refractivity contribution >= 4 is 69.4 Å². The predicted octanol–water partition coefficient (Wildman–Crippen LogP) is 2.92. The Morgan fingerprint density at radius 2 is 1.46 bits per heavy atom. The van der Waals surface area contributed by atoms with Crippen LogP contribution in [0, 0.1) is 6.92 Å². The minimum Gasteiger partial charge on any atom is -0.450 e. The van der Waals surface area contributed by atoms with E-state index in [9.17, 15) is 28.8 Å². The van der Waals surface area contributed by atoms with Gasteiger partial charge in [0.15, 0.2) is 11.4 Å². The molecule has 280 valence electrons.